The van der Waals surface area contributed by atoms with Gasteiger partial charge in [-0.2, -0.15) is 0 Å². The van der Waals surface area contributed by atoms with Crippen LogP contribution in [0.15, 0.2) is 48.5 Å². The third kappa shape index (κ3) is 3.34. The molecule has 2 atom stereocenters. The second kappa shape index (κ2) is 8.01. The molecule has 32 heavy (non-hydrogen) atoms. The first kappa shape index (κ1) is 20.6. The summed E-state index contributed by atoms with van der Waals surface area (Å²) in [5, 5.41) is 1.12. The molecule has 2 unspecified atom stereocenters. The van der Waals surface area contributed by atoms with E-state index in [1.165, 1.54) is 0 Å². The molecule has 0 bridgehead atoms. The van der Waals surface area contributed by atoms with E-state index >= 15 is 0 Å². The van der Waals surface area contributed by atoms with Crippen molar-refractivity contribution in [2.45, 2.75) is 38.8 Å². The zero-order valence-corrected chi connectivity index (χ0v) is 18.8. The van der Waals surface area contributed by atoms with E-state index in [2.05, 4.69) is 24.9 Å². The number of nitrogens with one attached hydrogen (secondary N) is 1. The van der Waals surface area contributed by atoms with Crippen molar-refractivity contribution in [1.29, 1.82) is 0 Å². The number of carbonyl (C=O) groups is 2. The third-order valence-corrected chi connectivity index (χ3v) is 6.73. The fraction of sp³-hybridized carbons (Fsp3) is 0.385. The zero-order chi connectivity index (χ0) is 22.4. The maximum absolute atomic E-state index is 13.6. The average Bonchev–Trinajstić information content (AvgIpc) is 3.17. The molecule has 6 nitrogen and oxygen atoms in total. The molecule has 1 saturated heterocycles. The van der Waals surface area contributed by atoms with Crippen molar-refractivity contribution in [1.82, 2.24) is 14.8 Å². The number of hydrogen-bond donors (Lipinski definition) is 1. The van der Waals surface area contributed by atoms with Gasteiger partial charge in [-0.25, -0.2) is 0 Å². The van der Waals surface area contributed by atoms with Crippen molar-refractivity contribution in [2.24, 2.45) is 5.92 Å². The smallest absolute Gasteiger partial charge is 0.246 e. The lowest BCUT2D eigenvalue weighted by Gasteiger charge is -2.47. The number of para-hydroxylation sites is 1. The van der Waals surface area contributed by atoms with E-state index < -0.39 is 6.04 Å². The van der Waals surface area contributed by atoms with Gasteiger partial charge in [0.1, 0.15) is 11.8 Å². The molecule has 2 aromatic carbocycles. The molecule has 0 spiro atoms. The Kier molecular flexibility index (Phi) is 5.16. The van der Waals surface area contributed by atoms with E-state index in [-0.39, 0.29) is 24.4 Å². The highest BCUT2D eigenvalue weighted by Crippen LogP contribution is 2.43. The predicted octanol–water partition coefficient (Wildman–Crippen LogP) is 3.91. The highest BCUT2D eigenvalue weighted by atomic mass is 16.5. The molecule has 6 heteroatoms. The van der Waals surface area contributed by atoms with Crippen LogP contribution in [-0.2, 0) is 16.0 Å². The maximum atomic E-state index is 13.6. The summed E-state index contributed by atoms with van der Waals surface area (Å²) in [5.74, 6) is 1.26. The summed E-state index contributed by atoms with van der Waals surface area (Å²) in [5.41, 5.74) is 4.09. The molecule has 0 saturated carbocycles. The largest absolute Gasteiger partial charge is 0.497 e. The van der Waals surface area contributed by atoms with Crippen LogP contribution in [0.3, 0.4) is 0 Å². The fourth-order valence-electron chi connectivity index (χ4n) is 5.08. The fourth-order valence-corrected chi connectivity index (χ4v) is 5.08. The Balaban J connectivity index is 1.64. The van der Waals surface area contributed by atoms with Gasteiger partial charge in [-0.15, -0.1) is 0 Å². The molecule has 5 rings (SSSR count). The second-order valence-electron chi connectivity index (χ2n) is 9.21. The van der Waals surface area contributed by atoms with E-state index in [1.807, 2.05) is 42.5 Å². The van der Waals surface area contributed by atoms with Crippen LogP contribution in [0.2, 0.25) is 0 Å². The van der Waals surface area contributed by atoms with Crippen LogP contribution in [0.4, 0.5) is 0 Å². The number of nitrogens with zero attached hydrogens (tertiary/aromatic N) is 2. The first-order valence-corrected chi connectivity index (χ1v) is 11.3. The Morgan fingerprint density at radius 2 is 1.94 bits per heavy atom. The summed E-state index contributed by atoms with van der Waals surface area (Å²) >= 11 is 0. The molecule has 3 heterocycles. The van der Waals surface area contributed by atoms with Crippen LogP contribution in [0.5, 0.6) is 5.75 Å². The van der Waals surface area contributed by atoms with Crippen LogP contribution < -0.4 is 4.74 Å². The van der Waals surface area contributed by atoms with Gasteiger partial charge in [0.25, 0.3) is 0 Å². The topological polar surface area (TPSA) is 65.6 Å². The Morgan fingerprint density at radius 3 is 2.72 bits per heavy atom. The highest BCUT2D eigenvalue weighted by molar-refractivity contribution is 5.97. The molecule has 3 aromatic rings. The average molecular weight is 432 g/mol. The first-order chi connectivity index (χ1) is 15.5. The Morgan fingerprint density at radius 1 is 1.12 bits per heavy atom. The SMILES string of the molecule is COc1cccc(C2c3[nH]c4ccccc4c3CC3C(=O)N(CCC(C)C)CC(=O)N32)c1. The Bertz CT molecular complexity index is 1180. The quantitative estimate of drug-likeness (QED) is 0.666. The summed E-state index contributed by atoms with van der Waals surface area (Å²) in [4.78, 5) is 34.2. The van der Waals surface area contributed by atoms with Crippen molar-refractivity contribution in [3.63, 3.8) is 0 Å². The number of benzene rings is 2. The van der Waals surface area contributed by atoms with Gasteiger partial charge < -0.3 is 19.5 Å². The lowest BCUT2D eigenvalue weighted by atomic mass is 9.86. The maximum Gasteiger partial charge on any atom is 0.246 e. The van der Waals surface area contributed by atoms with Crippen LogP contribution in [0, 0.1) is 5.92 Å². The van der Waals surface area contributed by atoms with E-state index in [4.69, 9.17) is 4.74 Å². The van der Waals surface area contributed by atoms with E-state index in [9.17, 15) is 9.59 Å². The molecule has 1 N–H and O–H groups in total. The van der Waals surface area contributed by atoms with Gasteiger partial charge in [0.05, 0.1) is 19.7 Å². The number of rotatable bonds is 5. The van der Waals surface area contributed by atoms with E-state index in [0.717, 1.165) is 39.9 Å². The summed E-state index contributed by atoms with van der Waals surface area (Å²) in [6, 6.07) is 15.1. The molecule has 1 fully saturated rings. The summed E-state index contributed by atoms with van der Waals surface area (Å²) < 4.78 is 5.46. The van der Waals surface area contributed by atoms with Crippen molar-refractivity contribution < 1.29 is 14.3 Å². The van der Waals surface area contributed by atoms with Gasteiger partial charge in [-0.05, 0) is 41.7 Å². The predicted molar refractivity (Wildman–Crippen MR) is 124 cm³/mol. The Hall–Kier alpha value is -3.28. The number of fused-ring (bicyclic) bond motifs is 4. The molecule has 2 aliphatic heterocycles. The van der Waals surface area contributed by atoms with E-state index in [0.29, 0.717) is 18.9 Å². The van der Waals surface area contributed by atoms with E-state index in [1.54, 1.807) is 16.9 Å². The number of hydrogen-bond acceptors (Lipinski definition) is 3. The lowest BCUT2D eigenvalue weighted by Crippen LogP contribution is -2.63. The number of methoxy groups -OCH3 is 1. The molecule has 2 amide bonds. The number of H-pyrrole nitrogens is 1. The second-order valence-corrected chi connectivity index (χ2v) is 9.21. The number of piperazine rings is 1. The van der Waals surface area contributed by atoms with Crippen molar-refractivity contribution in [3.8, 4) is 5.75 Å². The molecule has 166 valence electrons. The summed E-state index contributed by atoms with van der Waals surface area (Å²) in [6.45, 7) is 5.04. The minimum absolute atomic E-state index is 0.00418. The minimum Gasteiger partial charge on any atom is -0.497 e. The zero-order valence-electron chi connectivity index (χ0n) is 18.8. The van der Waals surface area contributed by atoms with Crippen molar-refractivity contribution in [3.05, 3.63) is 65.4 Å². The number of ether oxygens (including phenoxy) is 1. The van der Waals surface area contributed by atoms with Crippen LogP contribution in [-0.4, -0.2) is 52.8 Å². The molecular weight excluding hydrogens is 402 g/mol. The van der Waals surface area contributed by atoms with Crippen LogP contribution in [0.1, 0.15) is 43.1 Å². The number of aromatic nitrogens is 1. The standard InChI is InChI=1S/C26H29N3O3/c1-16(2)11-12-28-15-23(30)29-22(26(28)31)14-20-19-9-4-5-10-21(19)27-24(20)25(29)17-7-6-8-18(13-17)32-3/h4-10,13,16,22,25,27H,11-12,14-15H2,1-3H3. The van der Waals surface area contributed by atoms with Gasteiger partial charge in [0.2, 0.25) is 11.8 Å². The number of aromatic amines is 1. The van der Waals surface area contributed by atoms with Gasteiger partial charge in [-0.3, -0.25) is 9.59 Å². The van der Waals surface area contributed by atoms with Crippen LogP contribution in [0.25, 0.3) is 10.9 Å². The van der Waals surface area contributed by atoms with Gasteiger partial charge in [0.15, 0.2) is 0 Å². The summed E-state index contributed by atoms with van der Waals surface area (Å²) in [7, 11) is 1.64. The highest BCUT2D eigenvalue weighted by Gasteiger charge is 2.48. The number of carbonyl (C=O) groups excluding carboxylic acids is 2. The first-order valence-electron chi connectivity index (χ1n) is 11.3. The third-order valence-electron chi connectivity index (χ3n) is 6.73. The molecule has 2 aliphatic rings. The van der Waals surface area contributed by atoms with Crippen molar-refractivity contribution >= 4 is 22.7 Å². The lowest BCUT2D eigenvalue weighted by molar-refractivity contribution is -0.158. The molecule has 0 aliphatic carbocycles. The number of amides is 2. The molecular formula is C26H29N3O3. The minimum atomic E-state index is -0.494. The van der Waals surface area contributed by atoms with Crippen LogP contribution >= 0.6 is 0 Å². The monoisotopic (exact) mass is 431 g/mol. The molecule has 1 aromatic heterocycles. The normalized spacial score (nSPS) is 20.6. The van der Waals surface area contributed by atoms with Gasteiger partial charge in [0, 0.05) is 29.6 Å². The van der Waals surface area contributed by atoms with Crippen molar-refractivity contribution in [2.75, 3.05) is 20.2 Å². The molecule has 0 radical (unpaired) electrons. The Labute approximate surface area is 188 Å². The van der Waals surface area contributed by atoms with Gasteiger partial charge in [-0.1, -0.05) is 44.2 Å². The summed E-state index contributed by atoms with van der Waals surface area (Å²) in [6.07, 6.45) is 1.42. The van der Waals surface area contributed by atoms with Gasteiger partial charge >= 0.3 is 0 Å².